The van der Waals surface area contributed by atoms with Crippen LogP contribution in [-0.2, 0) is 6.61 Å². The minimum absolute atomic E-state index is 0.0797. The summed E-state index contributed by atoms with van der Waals surface area (Å²) in [6.07, 6.45) is 1.43. The van der Waals surface area contributed by atoms with Gasteiger partial charge in [0.1, 0.15) is 23.8 Å². The number of hydrazone groups is 1. The molecule has 3 N–H and O–H groups in total. The Bertz CT molecular complexity index is 1540. The van der Waals surface area contributed by atoms with Crippen molar-refractivity contribution < 1.29 is 14.6 Å². The van der Waals surface area contributed by atoms with Crippen molar-refractivity contribution in [3.05, 3.63) is 113 Å². The summed E-state index contributed by atoms with van der Waals surface area (Å²) in [4.78, 5) is 12.5. The van der Waals surface area contributed by atoms with Gasteiger partial charge in [-0.3, -0.25) is 9.89 Å². The highest BCUT2D eigenvalue weighted by molar-refractivity contribution is 6.30. The van der Waals surface area contributed by atoms with Gasteiger partial charge in [0.15, 0.2) is 0 Å². The highest BCUT2D eigenvalue weighted by Crippen LogP contribution is 2.25. The monoisotopic (exact) mass is 496 g/mol. The van der Waals surface area contributed by atoms with Gasteiger partial charge >= 0.3 is 0 Å². The maximum atomic E-state index is 12.5. The Labute approximate surface area is 212 Å². The minimum Gasteiger partial charge on any atom is -0.507 e. The summed E-state index contributed by atoms with van der Waals surface area (Å²) in [6.45, 7) is 0.431. The van der Waals surface area contributed by atoms with Gasteiger partial charge in [-0.05, 0) is 64.9 Å². The number of carbonyl (C=O) groups excluding carboxylic acids is 1. The summed E-state index contributed by atoms with van der Waals surface area (Å²) in [7, 11) is 0. The van der Waals surface area contributed by atoms with Crippen molar-refractivity contribution in [2.75, 3.05) is 0 Å². The average Bonchev–Trinajstić information content (AvgIpc) is 3.40. The van der Waals surface area contributed by atoms with Crippen molar-refractivity contribution in [1.29, 1.82) is 0 Å². The van der Waals surface area contributed by atoms with E-state index < -0.39 is 5.91 Å². The third-order valence-corrected chi connectivity index (χ3v) is 5.85. The molecule has 0 radical (unpaired) electrons. The Balaban J connectivity index is 1.21. The molecule has 0 unspecified atom stereocenters. The number of fused-ring (bicyclic) bond motifs is 1. The Morgan fingerprint density at radius 3 is 2.61 bits per heavy atom. The number of benzene rings is 4. The first-order valence-corrected chi connectivity index (χ1v) is 11.5. The highest BCUT2D eigenvalue weighted by atomic mass is 35.5. The maximum Gasteiger partial charge on any atom is 0.289 e. The van der Waals surface area contributed by atoms with E-state index in [1.165, 1.54) is 6.21 Å². The van der Waals surface area contributed by atoms with Crippen LogP contribution in [0.1, 0.15) is 21.6 Å². The Morgan fingerprint density at radius 2 is 1.81 bits per heavy atom. The Morgan fingerprint density at radius 1 is 1.03 bits per heavy atom. The molecule has 8 heteroatoms. The van der Waals surface area contributed by atoms with Crippen molar-refractivity contribution in [2.24, 2.45) is 5.10 Å². The van der Waals surface area contributed by atoms with Crippen molar-refractivity contribution in [3.63, 3.8) is 0 Å². The van der Waals surface area contributed by atoms with Crippen LogP contribution in [0.3, 0.4) is 0 Å². The zero-order valence-corrected chi connectivity index (χ0v) is 19.7. The molecule has 0 atom stereocenters. The van der Waals surface area contributed by atoms with Gasteiger partial charge in [-0.15, -0.1) is 0 Å². The van der Waals surface area contributed by atoms with E-state index in [1.807, 2.05) is 78.9 Å². The molecular weight excluding hydrogens is 476 g/mol. The van der Waals surface area contributed by atoms with Crippen LogP contribution in [-0.4, -0.2) is 27.4 Å². The van der Waals surface area contributed by atoms with E-state index in [0.717, 1.165) is 21.9 Å². The highest BCUT2D eigenvalue weighted by Gasteiger charge is 2.11. The van der Waals surface area contributed by atoms with Crippen LogP contribution in [0, 0.1) is 0 Å². The van der Waals surface area contributed by atoms with Crippen LogP contribution in [0.5, 0.6) is 11.5 Å². The zero-order chi connectivity index (χ0) is 24.9. The number of hydrogen-bond donors (Lipinski definition) is 3. The number of rotatable bonds is 7. The van der Waals surface area contributed by atoms with Gasteiger partial charge in [0.25, 0.3) is 5.91 Å². The molecule has 36 heavy (non-hydrogen) atoms. The molecule has 1 amide bonds. The lowest BCUT2D eigenvalue weighted by atomic mass is 10.0. The van der Waals surface area contributed by atoms with E-state index in [1.54, 1.807) is 12.1 Å². The summed E-state index contributed by atoms with van der Waals surface area (Å²) in [5, 5.41) is 23.7. The molecule has 0 aliphatic heterocycles. The SMILES string of the molecule is O=C(N/N=C\c1c(O)ccc2ccccc12)c1cc(-c2ccc(OCc3ccc(Cl)cc3)cc2)n[nH]1. The normalized spacial score (nSPS) is 11.1. The van der Waals surface area contributed by atoms with Gasteiger partial charge in [0.2, 0.25) is 0 Å². The number of phenolic OH excluding ortho intramolecular Hbond substituents is 1. The third-order valence-electron chi connectivity index (χ3n) is 5.60. The van der Waals surface area contributed by atoms with Crippen LogP contribution in [0.2, 0.25) is 5.02 Å². The molecule has 7 nitrogen and oxygen atoms in total. The van der Waals surface area contributed by atoms with E-state index in [-0.39, 0.29) is 11.4 Å². The average molecular weight is 497 g/mol. The quantitative estimate of drug-likeness (QED) is 0.192. The van der Waals surface area contributed by atoms with Gasteiger partial charge in [0.05, 0.1) is 11.9 Å². The number of phenols is 1. The number of H-pyrrole nitrogens is 1. The van der Waals surface area contributed by atoms with Gasteiger partial charge in [-0.1, -0.05) is 54.1 Å². The molecule has 0 aliphatic carbocycles. The summed E-state index contributed by atoms with van der Waals surface area (Å²) in [5.41, 5.74) is 5.71. The predicted octanol–water partition coefficient (Wildman–Crippen LogP) is 5.93. The topological polar surface area (TPSA) is 99.6 Å². The predicted molar refractivity (Wildman–Crippen MR) is 140 cm³/mol. The van der Waals surface area contributed by atoms with Crippen LogP contribution in [0.4, 0.5) is 0 Å². The van der Waals surface area contributed by atoms with Gasteiger partial charge in [0, 0.05) is 16.1 Å². The van der Waals surface area contributed by atoms with Gasteiger partial charge in [-0.2, -0.15) is 10.2 Å². The van der Waals surface area contributed by atoms with E-state index in [0.29, 0.717) is 28.6 Å². The van der Waals surface area contributed by atoms with E-state index in [9.17, 15) is 9.90 Å². The Kier molecular flexibility index (Phi) is 6.64. The standard InChI is InChI=1S/C28H21ClN4O3/c29-21-10-5-18(6-11-21)17-36-22-12-7-20(8-13-22)25-15-26(32-31-25)28(35)33-30-16-24-23-4-2-1-3-19(23)9-14-27(24)34/h1-16,34H,17H2,(H,31,32)(H,33,35)/b30-16-. The second kappa shape index (κ2) is 10.3. The molecule has 0 aliphatic rings. The van der Waals surface area contributed by atoms with Crippen molar-refractivity contribution in [1.82, 2.24) is 15.6 Å². The summed E-state index contributed by atoms with van der Waals surface area (Å²) >= 11 is 5.91. The lowest BCUT2D eigenvalue weighted by Crippen LogP contribution is -2.18. The number of nitrogens with one attached hydrogen (secondary N) is 2. The third kappa shape index (κ3) is 5.21. The van der Waals surface area contributed by atoms with Crippen LogP contribution in [0.25, 0.3) is 22.0 Å². The van der Waals surface area contributed by atoms with Gasteiger partial charge < -0.3 is 9.84 Å². The summed E-state index contributed by atoms with van der Waals surface area (Å²) in [6, 6.07) is 27.6. The number of ether oxygens (including phenoxy) is 1. The summed E-state index contributed by atoms with van der Waals surface area (Å²) in [5.74, 6) is 0.344. The molecule has 0 bridgehead atoms. The number of hydrogen-bond acceptors (Lipinski definition) is 5. The number of aromatic hydroxyl groups is 1. The molecule has 5 rings (SSSR count). The van der Waals surface area contributed by atoms with Gasteiger partial charge in [-0.25, -0.2) is 5.43 Å². The summed E-state index contributed by atoms with van der Waals surface area (Å²) < 4.78 is 5.81. The first kappa shape index (κ1) is 23.1. The van der Waals surface area contributed by atoms with E-state index in [2.05, 4.69) is 20.7 Å². The van der Waals surface area contributed by atoms with Crippen molar-refractivity contribution in [2.45, 2.75) is 6.61 Å². The largest absolute Gasteiger partial charge is 0.507 e. The zero-order valence-electron chi connectivity index (χ0n) is 19.0. The number of halogens is 1. The van der Waals surface area contributed by atoms with Crippen molar-refractivity contribution in [3.8, 4) is 22.8 Å². The fraction of sp³-hybridized carbons (Fsp3) is 0.0357. The number of carbonyl (C=O) groups is 1. The minimum atomic E-state index is -0.451. The molecule has 1 heterocycles. The van der Waals surface area contributed by atoms with Crippen LogP contribution >= 0.6 is 11.6 Å². The van der Waals surface area contributed by atoms with Crippen molar-refractivity contribution >= 4 is 34.5 Å². The molecule has 1 aromatic heterocycles. The fourth-order valence-electron chi connectivity index (χ4n) is 3.69. The molecular formula is C28H21ClN4O3. The number of aromatic nitrogens is 2. The first-order valence-electron chi connectivity index (χ1n) is 11.1. The Hall–Kier alpha value is -4.62. The number of amides is 1. The second-order valence-electron chi connectivity index (χ2n) is 8.03. The number of nitrogens with zero attached hydrogens (tertiary/aromatic N) is 2. The van der Waals surface area contributed by atoms with Crippen LogP contribution in [0.15, 0.2) is 96.1 Å². The molecule has 0 saturated heterocycles. The lowest BCUT2D eigenvalue weighted by molar-refractivity contribution is 0.0950. The second-order valence-corrected chi connectivity index (χ2v) is 8.46. The first-order chi connectivity index (χ1) is 17.6. The maximum absolute atomic E-state index is 12.5. The molecule has 178 valence electrons. The molecule has 5 aromatic rings. The molecule has 0 saturated carbocycles. The lowest BCUT2D eigenvalue weighted by Gasteiger charge is -2.07. The molecule has 0 fully saturated rings. The molecule has 4 aromatic carbocycles. The van der Waals surface area contributed by atoms with Crippen LogP contribution < -0.4 is 10.2 Å². The molecule has 0 spiro atoms. The van der Waals surface area contributed by atoms with E-state index in [4.69, 9.17) is 16.3 Å². The fourth-order valence-corrected chi connectivity index (χ4v) is 3.82. The van der Waals surface area contributed by atoms with E-state index >= 15 is 0 Å². The smallest absolute Gasteiger partial charge is 0.289 e. The number of aromatic amines is 1.